The molecule has 1 aliphatic rings. The van der Waals surface area contributed by atoms with Gasteiger partial charge >= 0.3 is 0 Å². The SMILES string of the molecule is CC(C)c1nc2n(n1)CC(NC(=NCCc1cccs1)NCCc1ccco1)CC2. The molecule has 30 heavy (non-hydrogen) atoms. The van der Waals surface area contributed by atoms with Crippen LogP contribution < -0.4 is 10.6 Å². The number of aryl methyl sites for hydroxylation is 1. The molecular weight excluding hydrogens is 396 g/mol. The maximum Gasteiger partial charge on any atom is 0.191 e. The topological polar surface area (TPSA) is 80.3 Å². The first-order valence-corrected chi connectivity index (χ1v) is 11.6. The van der Waals surface area contributed by atoms with Crippen LogP contribution in [0.15, 0.2) is 45.3 Å². The van der Waals surface area contributed by atoms with E-state index >= 15 is 0 Å². The van der Waals surface area contributed by atoms with Gasteiger partial charge in [-0.05, 0) is 30.0 Å². The molecule has 0 aromatic carbocycles. The number of aromatic nitrogens is 3. The molecule has 4 rings (SSSR count). The highest BCUT2D eigenvalue weighted by Gasteiger charge is 2.23. The van der Waals surface area contributed by atoms with Gasteiger partial charge in [0.25, 0.3) is 0 Å². The summed E-state index contributed by atoms with van der Waals surface area (Å²) in [5.74, 6) is 4.22. The lowest BCUT2D eigenvalue weighted by Gasteiger charge is -2.25. The van der Waals surface area contributed by atoms with Gasteiger partial charge in [-0.15, -0.1) is 11.3 Å². The molecule has 4 heterocycles. The normalized spacial score (nSPS) is 16.6. The van der Waals surface area contributed by atoms with Crippen LogP contribution in [-0.4, -0.2) is 39.9 Å². The molecule has 160 valence electrons. The fraction of sp³-hybridized carbons (Fsp3) is 0.500. The molecule has 0 spiro atoms. The number of fused-ring (bicyclic) bond motifs is 1. The zero-order chi connectivity index (χ0) is 20.8. The molecule has 0 aliphatic carbocycles. The van der Waals surface area contributed by atoms with Crippen molar-refractivity contribution in [2.75, 3.05) is 13.1 Å². The second kappa shape index (κ2) is 9.93. The lowest BCUT2D eigenvalue weighted by Crippen LogP contribution is -2.47. The number of rotatable bonds is 8. The van der Waals surface area contributed by atoms with E-state index in [1.54, 1.807) is 17.6 Å². The third-order valence-electron chi connectivity index (χ3n) is 5.18. The van der Waals surface area contributed by atoms with E-state index in [4.69, 9.17) is 14.5 Å². The van der Waals surface area contributed by atoms with E-state index in [0.717, 1.165) is 68.7 Å². The number of hydrogen-bond acceptors (Lipinski definition) is 5. The summed E-state index contributed by atoms with van der Waals surface area (Å²) in [4.78, 5) is 10.9. The Kier molecular flexibility index (Phi) is 6.84. The Bertz CT molecular complexity index is 929. The zero-order valence-corrected chi connectivity index (χ0v) is 18.5. The van der Waals surface area contributed by atoms with Crippen LogP contribution in [0.1, 0.15) is 48.5 Å². The zero-order valence-electron chi connectivity index (χ0n) is 17.7. The summed E-state index contributed by atoms with van der Waals surface area (Å²) >= 11 is 1.78. The maximum absolute atomic E-state index is 5.44. The van der Waals surface area contributed by atoms with E-state index in [9.17, 15) is 0 Å². The van der Waals surface area contributed by atoms with Gasteiger partial charge in [0.1, 0.15) is 11.6 Å². The summed E-state index contributed by atoms with van der Waals surface area (Å²) in [5.41, 5.74) is 0. The summed E-state index contributed by atoms with van der Waals surface area (Å²) in [5, 5.41) is 13.9. The van der Waals surface area contributed by atoms with Crippen LogP contribution in [0.2, 0.25) is 0 Å². The van der Waals surface area contributed by atoms with Crippen LogP contribution in [0.5, 0.6) is 0 Å². The maximum atomic E-state index is 5.44. The summed E-state index contributed by atoms with van der Waals surface area (Å²) in [6, 6.07) is 8.47. The lowest BCUT2D eigenvalue weighted by molar-refractivity contribution is 0.391. The van der Waals surface area contributed by atoms with Crippen LogP contribution in [0, 0.1) is 0 Å². The first-order chi connectivity index (χ1) is 14.7. The van der Waals surface area contributed by atoms with Gasteiger partial charge in [-0.1, -0.05) is 19.9 Å². The van der Waals surface area contributed by atoms with Gasteiger partial charge in [-0.25, -0.2) is 9.67 Å². The molecule has 3 aromatic heterocycles. The van der Waals surface area contributed by atoms with E-state index in [0.29, 0.717) is 5.92 Å². The Morgan fingerprint density at radius 3 is 3.03 bits per heavy atom. The van der Waals surface area contributed by atoms with Crippen molar-refractivity contribution in [3.63, 3.8) is 0 Å². The molecule has 0 saturated carbocycles. The average molecular weight is 427 g/mol. The standard InChI is InChI=1S/C22H30N6OS/c1-16(2)21-26-20-8-7-17(15-28(20)27-21)25-22(23-11-9-18-5-3-13-29-18)24-12-10-19-6-4-14-30-19/h3-6,13-14,16-17H,7-12,15H2,1-2H3,(H2,23,24,25). The van der Waals surface area contributed by atoms with Crippen molar-refractivity contribution in [2.24, 2.45) is 4.99 Å². The van der Waals surface area contributed by atoms with E-state index in [-0.39, 0.29) is 6.04 Å². The first-order valence-electron chi connectivity index (χ1n) is 10.7. The second-order valence-electron chi connectivity index (χ2n) is 7.92. The van der Waals surface area contributed by atoms with Gasteiger partial charge in [-0.3, -0.25) is 4.99 Å². The fourth-order valence-electron chi connectivity index (χ4n) is 3.53. The van der Waals surface area contributed by atoms with Gasteiger partial charge in [0, 0.05) is 49.2 Å². The smallest absolute Gasteiger partial charge is 0.191 e. The monoisotopic (exact) mass is 426 g/mol. The predicted octanol–water partition coefficient (Wildman–Crippen LogP) is 3.39. The molecule has 7 nitrogen and oxygen atoms in total. The van der Waals surface area contributed by atoms with Crippen molar-refractivity contribution < 1.29 is 4.42 Å². The minimum atomic E-state index is 0.288. The molecule has 0 saturated heterocycles. The Morgan fingerprint density at radius 2 is 2.27 bits per heavy atom. The van der Waals surface area contributed by atoms with Crippen molar-refractivity contribution in [1.29, 1.82) is 0 Å². The highest BCUT2D eigenvalue weighted by atomic mass is 32.1. The van der Waals surface area contributed by atoms with Gasteiger partial charge in [0.15, 0.2) is 11.8 Å². The summed E-state index contributed by atoms with van der Waals surface area (Å²) < 4.78 is 7.50. The number of hydrogen-bond donors (Lipinski definition) is 2. The van der Waals surface area contributed by atoms with Crippen molar-refractivity contribution in [1.82, 2.24) is 25.4 Å². The van der Waals surface area contributed by atoms with Crippen LogP contribution in [0.4, 0.5) is 0 Å². The molecule has 0 amide bonds. The number of aliphatic imine (C=N–C) groups is 1. The van der Waals surface area contributed by atoms with Gasteiger partial charge in [0.2, 0.25) is 0 Å². The minimum absolute atomic E-state index is 0.288. The molecule has 1 unspecified atom stereocenters. The van der Waals surface area contributed by atoms with E-state index in [1.165, 1.54) is 4.88 Å². The van der Waals surface area contributed by atoms with E-state index in [2.05, 4.69) is 51.7 Å². The number of furan rings is 1. The molecule has 0 bridgehead atoms. The van der Waals surface area contributed by atoms with Crippen LogP contribution in [0.3, 0.4) is 0 Å². The minimum Gasteiger partial charge on any atom is -0.469 e. The molecule has 1 aliphatic heterocycles. The summed E-state index contributed by atoms with van der Waals surface area (Å²) in [7, 11) is 0. The predicted molar refractivity (Wildman–Crippen MR) is 120 cm³/mol. The molecule has 2 N–H and O–H groups in total. The molecule has 1 atom stereocenters. The van der Waals surface area contributed by atoms with Gasteiger partial charge in [0.05, 0.1) is 12.8 Å². The number of nitrogens with one attached hydrogen (secondary N) is 2. The van der Waals surface area contributed by atoms with Crippen LogP contribution in [-0.2, 0) is 25.8 Å². The fourth-order valence-corrected chi connectivity index (χ4v) is 4.23. The summed E-state index contributed by atoms with van der Waals surface area (Å²) in [6.07, 6.45) is 5.46. The Labute approximate surface area is 181 Å². The Morgan fingerprint density at radius 1 is 1.33 bits per heavy atom. The highest BCUT2D eigenvalue weighted by Crippen LogP contribution is 2.17. The highest BCUT2D eigenvalue weighted by molar-refractivity contribution is 7.09. The Hall–Kier alpha value is -2.61. The Balaban J connectivity index is 1.36. The average Bonchev–Trinajstić information content (AvgIpc) is 3.49. The number of nitrogens with zero attached hydrogens (tertiary/aromatic N) is 4. The quantitative estimate of drug-likeness (QED) is 0.426. The molecular formula is C22H30N6OS. The third kappa shape index (κ3) is 5.50. The third-order valence-corrected chi connectivity index (χ3v) is 6.12. The largest absolute Gasteiger partial charge is 0.469 e. The van der Waals surface area contributed by atoms with E-state index in [1.807, 2.05) is 12.1 Å². The lowest BCUT2D eigenvalue weighted by atomic mass is 10.1. The van der Waals surface area contributed by atoms with E-state index < -0.39 is 0 Å². The van der Waals surface area contributed by atoms with Crippen LogP contribution in [0.25, 0.3) is 0 Å². The van der Waals surface area contributed by atoms with Gasteiger partial charge in [-0.2, -0.15) is 5.10 Å². The number of thiophene rings is 1. The molecule has 0 fully saturated rings. The molecule has 3 aromatic rings. The second-order valence-corrected chi connectivity index (χ2v) is 8.95. The van der Waals surface area contributed by atoms with Gasteiger partial charge < -0.3 is 15.1 Å². The van der Waals surface area contributed by atoms with Crippen molar-refractivity contribution in [3.05, 3.63) is 58.2 Å². The van der Waals surface area contributed by atoms with Crippen LogP contribution >= 0.6 is 11.3 Å². The van der Waals surface area contributed by atoms with Crippen molar-refractivity contribution >= 4 is 17.3 Å². The number of guanidine groups is 1. The molecule has 0 radical (unpaired) electrons. The summed E-state index contributed by atoms with van der Waals surface area (Å²) in [6.45, 7) is 6.63. The molecule has 8 heteroatoms. The van der Waals surface area contributed by atoms with Crippen molar-refractivity contribution in [2.45, 2.75) is 58.0 Å². The first kappa shape index (κ1) is 20.7. The van der Waals surface area contributed by atoms with Crippen molar-refractivity contribution in [3.8, 4) is 0 Å².